The standard InChI is InChI=1S/C27H24N4O7/c32-23(28-21-12-7-13-22(15-21)31(36)37)17-38-27(35)20-14-24(33)30(16-20)29-26(34)25(18-8-3-1-4-9-18)19-10-5-2-6-11-19/h1-13,15,20,25H,14,16-17H2,(H,28,32)(H,29,34)/t20-/m0/s1. The molecule has 1 heterocycles. The molecule has 0 radical (unpaired) electrons. The summed E-state index contributed by atoms with van der Waals surface area (Å²) < 4.78 is 5.05. The van der Waals surface area contributed by atoms with Gasteiger partial charge >= 0.3 is 5.97 Å². The molecule has 0 aliphatic carbocycles. The van der Waals surface area contributed by atoms with Gasteiger partial charge in [-0.2, -0.15) is 0 Å². The summed E-state index contributed by atoms with van der Waals surface area (Å²) in [6.45, 7) is -0.741. The number of nitrogens with zero attached hydrogens (tertiary/aromatic N) is 2. The lowest BCUT2D eigenvalue weighted by Gasteiger charge is -2.23. The topological polar surface area (TPSA) is 148 Å². The molecule has 3 aromatic rings. The average Bonchev–Trinajstić information content (AvgIpc) is 3.28. The van der Waals surface area contributed by atoms with E-state index in [9.17, 15) is 29.3 Å². The molecule has 3 aromatic carbocycles. The summed E-state index contributed by atoms with van der Waals surface area (Å²) in [6, 6.07) is 23.6. The fourth-order valence-electron chi connectivity index (χ4n) is 4.11. The molecular weight excluding hydrogens is 492 g/mol. The lowest BCUT2D eigenvalue weighted by Crippen LogP contribution is -2.45. The van der Waals surface area contributed by atoms with Gasteiger partial charge in [-0.05, 0) is 17.2 Å². The zero-order valence-electron chi connectivity index (χ0n) is 20.1. The van der Waals surface area contributed by atoms with Crippen LogP contribution in [0, 0.1) is 16.0 Å². The smallest absolute Gasteiger partial charge is 0.311 e. The Balaban J connectivity index is 1.33. The van der Waals surface area contributed by atoms with Gasteiger partial charge in [-0.1, -0.05) is 66.7 Å². The molecule has 0 bridgehead atoms. The highest BCUT2D eigenvalue weighted by atomic mass is 16.6. The van der Waals surface area contributed by atoms with Crippen LogP contribution in [0.3, 0.4) is 0 Å². The SMILES string of the molecule is O=C(COC(=O)[C@H]1CC(=O)N(NC(=O)C(c2ccccc2)c2ccccc2)C1)Nc1cccc([N+](=O)[O-])c1. The number of hydrazine groups is 1. The Morgan fingerprint density at radius 3 is 2.21 bits per heavy atom. The van der Waals surface area contributed by atoms with Crippen molar-refractivity contribution < 1.29 is 28.8 Å². The molecule has 4 rings (SSSR count). The summed E-state index contributed by atoms with van der Waals surface area (Å²) in [6.07, 6.45) is -0.188. The predicted octanol–water partition coefficient (Wildman–Crippen LogP) is 2.79. The van der Waals surface area contributed by atoms with Gasteiger partial charge in [0.15, 0.2) is 6.61 Å². The molecule has 38 heavy (non-hydrogen) atoms. The third-order valence-electron chi connectivity index (χ3n) is 5.92. The molecule has 1 fully saturated rings. The van der Waals surface area contributed by atoms with Crippen LogP contribution in [0.2, 0.25) is 0 Å². The van der Waals surface area contributed by atoms with Crippen LogP contribution in [0.15, 0.2) is 84.9 Å². The average molecular weight is 517 g/mol. The molecule has 0 aromatic heterocycles. The predicted molar refractivity (Wildman–Crippen MR) is 135 cm³/mol. The lowest BCUT2D eigenvalue weighted by atomic mass is 9.91. The first kappa shape index (κ1) is 26.0. The van der Waals surface area contributed by atoms with Gasteiger partial charge in [0.25, 0.3) is 17.5 Å². The highest BCUT2D eigenvalue weighted by molar-refractivity contribution is 5.94. The van der Waals surface area contributed by atoms with E-state index in [0.717, 1.165) is 16.1 Å². The molecular formula is C27H24N4O7. The number of benzene rings is 3. The van der Waals surface area contributed by atoms with Gasteiger partial charge in [0.2, 0.25) is 5.91 Å². The van der Waals surface area contributed by atoms with Crippen LogP contribution >= 0.6 is 0 Å². The minimum Gasteiger partial charge on any atom is -0.455 e. The van der Waals surface area contributed by atoms with E-state index in [1.807, 2.05) is 60.7 Å². The number of carbonyl (C=O) groups is 4. The summed E-state index contributed by atoms with van der Waals surface area (Å²) >= 11 is 0. The number of rotatable bonds is 9. The van der Waals surface area contributed by atoms with Gasteiger partial charge in [0.1, 0.15) is 0 Å². The van der Waals surface area contributed by atoms with E-state index in [-0.39, 0.29) is 24.3 Å². The Morgan fingerprint density at radius 2 is 1.61 bits per heavy atom. The number of nitro benzene ring substituents is 1. The monoisotopic (exact) mass is 516 g/mol. The fraction of sp³-hybridized carbons (Fsp3) is 0.185. The van der Waals surface area contributed by atoms with Crippen molar-refractivity contribution in [2.45, 2.75) is 12.3 Å². The van der Waals surface area contributed by atoms with Gasteiger partial charge in [-0.3, -0.25) is 39.7 Å². The number of nitro groups is 1. The number of carbonyl (C=O) groups excluding carboxylic acids is 4. The zero-order valence-corrected chi connectivity index (χ0v) is 20.1. The lowest BCUT2D eigenvalue weighted by molar-refractivity contribution is -0.384. The van der Waals surface area contributed by atoms with E-state index < -0.39 is 47.1 Å². The largest absolute Gasteiger partial charge is 0.455 e. The molecule has 11 nitrogen and oxygen atoms in total. The Kier molecular flexibility index (Phi) is 8.07. The third-order valence-corrected chi connectivity index (χ3v) is 5.92. The Labute approximate surface area is 217 Å². The van der Waals surface area contributed by atoms with E-state index in [1.54, 1.807) is 0 Å². The first-order valence-corrected chi connectivity index (χ1v) is 11.7. The van der Waals surface area contributed by atoms with Crippen LogP contribution in [-0.4, -0.2) is 46.8 Å². The number of non-ortho nitro benzene ring substituents is 1. The Morgan fingerprint density at radius 1 is 0.974 bits per heavy atom. The van der Waals surface area contributed by atoms with Crippen molar-refractivity contribution in [3.05, 3.63) is 106 Å². The maximum Gasteiger partial charge on any atom is 0.311 e. The van der Waals surface area contributed by atoms with Gasteiger partial charge < -0.3 is 10.1 Å². The number of anilines is 1. The molecule has 194 valence electrons. The van der Waals surface area contributed by atoms with Crippen molar-refractivity contribution in [1.29, 1.82) is 0 Å². The quantitative estimate of drug-likeness (QED) is 0.252. The first-order chi connectivity index (χ1) is 18.3. The molecule has 0 unspecified atom stereocenters. The maximum atomic E-state index is 13.3. The number of amides is 3. The highest BCUT2D eigenvalue weighted by Crippen LogP contribution is 2.26. The van der Waals surface area contributed by atoms with E-state index in [0.29, 0.717) is 0 Å². The van der Waals surface area contributed by atoms with Crippen molar-refractivity contribution in [1.82, 2.24) is 10.4 Å². The summed E-state index contributed by atoms with van der Waals surface area (Å²) in [5.74, 6) is -3.90. The number of nitrogens with one attached hydrogen (secondary N) is 2. The van der Waals surface area contributed by atoms with Gasteiger partial charge in [0.05, 0.1) is 23.3 Å². The summed E-state index contributed by atoms with van der Waals surface area (Å²) in [7, 11) is 0. The van der Waals surface area contributed by atoms with Gasteiger partial charge in [-0.25, -0.2) is 0 Å². The molecule has 0 spiro atoms. The fourth-order valence-corrected chi connectivity index (χ4v) is 4.11. The van der Waals surface area contributed by atoms with Crippen LogP contribution in [0.5, 0.6) is 0 Å². The molecule has 2 N–H and O–H groups in total. The van der Waals surface area contributed by atoms with Crippen LogP contribution in [0.4, 0.5) is 11.4 Å². The van der Waals surface area contributed by atoms with Crippen molar-refractivity contribution in [2.24, 2.45) is 5.92 Å². The molecule has 1 aliphatic heterocycles. The summed E-state index contributed by atoms with van der Waals surface area (Å²) in [5, 5.41) is 14.4. The third kappa shape index (κ3) is 6.38. The van der Waals surface area contributed by atoms with Crippen molar-refractivity contribution in [3.63, 3.8) is 0 Å². The number of hydrogen-bond acceptors (Lipinski definition) is 7. The Hall–Kier alpha value is -5.06. The molecule has 1 aliphatic rings. The molecule has 11 heteroatoms. The van der Waals surface area contributed by atoms with E-state index in [1.165, 1.54) is 24.3 Å². The second-order valence-electron chi connectivity index (χ2n) is 8.60. The van der Waals surface area contributed by atoms with E-state index in [2.05, 4.69) is 10.7 Å². The number of ether oxygens (including phenoxy) is 1. The normalized spacial score (nSPS) is 14.7. The number of esters is 1. The van der Waals surface area contributed by atoms with Crippen molar-refractivity contribution in [2.75, 3.05) is 18.5 Å². The Bertz CT molecular complexity index is 1310. The van der Waals surface area contributed by atoms with Crippen LogP contribution < -0.4 is 10.7 Å². The summed E-state index contributed by atoms with van der Waals surface area (Å²) in [4.78, 5) is 60.7. The van der Waals surface area contributed by atoms with Crippen molar-refractivity contribution in [3.8, 4) is 0 Å². The summed E-state index contributed by atoms with van der Waals surface area (Å²) in [5.41, 5.74) is 4.09. The van der Waals surface area contributed by atoms with E-state index in [4.69, 9.17) is 4.74 Å². The van der Waals surface area contributed by atoms with Crippen LogP contribution in [0.1, 0.15) is 23.5 Å². The molecule has 1 atom stereocenters. The van der Waals surface area contributed by atoms with Crippen LogP contribution in [0.25, 0.3) is 0 Å². The molecule has 0 saturated carbocycles. The number of hydrogen-bond donors (Lipinski definition) is 2. The van der Waals surface area contributed by atoms with Crippen LogP contribution in [-0.2, 0) is 23.9 Å². The zero-order chi connectivity index (χ0) is 27.1. The van der Waals surface area contributed by atoms with Crippen molar-refractivity contribution >= 4 is 35.1 Å². The van der Waals surface area contributed by atoms with E-state index >= 15 is 0 Å². The van der Waals surface area contributed by atoms with Gasteiger partial charge in [-0.15, -0.1) is 0 Å². The highest BCUT2D eigenvalue weighted by Gasteiger charge is 2.37. The molecule has 1 saturated heterocycles. The second-order valence-corrected chi connectivity index (χ2v) is 8.60. The molecule has 3 amide bonds. The minimum absolute atomic E-state index is 0.105. The first-order valence-electron chi connectivity index (χ1n) is 11.7. The minimum atomic E-state index is -0.875. The van der Waals surface area contributed by atoms with Gasteiger partial charge in [0, 0.05) is 24.2 Å². The maximum absolute atomic E-state index is 13.3. The second kappa shape index (κ2) is 11.8.